The van der Waals surface area contributed by atoms with Crippen molar-refractivity contribution in [3.63, 3.8) is 0 Å². The van der Waals surface area contributed by atoms with E-state index in [0.29, 0.717) is 0 Å². The predicted molar refractivity (Wildman–Crippen MR) is 71.7 cm³/mol. The van der Waals surface area contributed by atoms with Gasteiger partial charge in [-0.1, -0.05) is 6.92 Å². The van der Waals surface area contributed by atoms with Crippen LogP contribution < -0.4 is 10.6 Å². The molecular formula is C12H15N3O5. The number of hydrogen-bond acceptors (Lipinski definition) is 5. The molecule has 8 heteroatoms. The predicted octanol–water partition coefficient (Wildman–Crippen LogP) is 0.851. The fraction of sp³-hybridized carbons (Fsp3) is 0.333. The van der Waals surface area contributed by atoms with Crippen molar-refractivity contribution >= 4 is 23.3 Å². The van der Waals surface area contributed by atoms with E-state index in [0.717, 1.165) is 0 Å². The molecule has 0 aromatic heterocycles. The number of carbonyl (C=O) groups excluding carboxylic acids is 1. The summed E-state index contributed by atoms with van der Waals surface area (Å²) in [5, 5.41) is 19.8. The van der Waals surface area contributed by atoms with Gasteiger partial charge in [-0.25, -0.2) is 0 Å². The third-order valence-electron chi connectivity index (χ3n) is 2.84. The first-order chi connectivity index (χ1) is 9.23. The molecular weight excluding hydrogens is 266 g/mol. The van der Waals surface area contributed by atoms with Crippen molar-refractivity contribution in [2.24, 2.45) is 11.7 Å². The minimum absolute atomic E-state index is 0.0678. The number of primary amides is 1. The summed E-state index contributed by atoms with van der Waals surface area (Å²) >= 11 is 0. The highest BCUT2D eigenvalue weighted by Crippen LogP contribution is 2.29. The molecule has 0 saturated carbocycles. The minimum Gasteiger partial charge on any atom is -0.481 e. The Labute approximate surface area is 114 Å². The number of nitro benzene ring substituents is 1. The standard InChI is InChI=1S/C12H15N3O5/c1-7(12(17)18)6-14(2)10-5-8(11(13)16)3-4-9(10)15(19)20/h3-5,7H,6H2,1-2H3,(H2,13,16)(H,17,18). The summed E-state index contributed by atoms with van der Waals surface area (Å²) in [6.45, 7) is 1.56. The number of nitro groups is 1. The van der Waals surface area contributed by atoms with Crippen molar-refractivity contribution in [2.45, 2.75) is 6.92 Å². The number of carboxylic acids is 1. The lowest BCUT2D eigenvalue weighted by molar-refractivity contribution is -0.384. The molecule has 0 saturated heterocycles. The van der Waals surface area contributed by atoms with Crippen LogP contribution in [0.15, 0.2) is 18.2 Å². The van der Waals surface area contributed by atoms with E-state index in [1.807, 2.05) is 0 Å². The molecule has 0 bridgehead atoms. The number of nitrogens with zero attached hydrogens (tertiary/aromatic N) is 2. The second kappa shape index (κ2) is 6.00. The number of benzene rings is 1. The fourth-order valence-electron chi connectivity index (χ4n) is 1.72. The Bertz CT molecular complexity index is 558. The van der Waals surface area contributed by atoms with Crippen LogP contribution in [-0.2, 0) is 4.79 Å². The zero-order valence-electron chi connectivity index (χ0n) is 11.1. The normalized spacial score (nSPS) is 11.7. The molecule has 1 rings (SSSR count). The number of nitrogens with two attached hydrogens (primary N) is 1. The van der Waals surface area contributed by atoms with E-state index in [1.54, 1.807) is 0 Å². The molecule has 0 heterocycles. The quantitative estimate of drug-likeness (QED) is 0.587. The van der Waals surface area contributed by atoms with Gasteiger partial charge in [-0.15, -0.1) is 0 Å². The number of rotatable bonds is 6. The molecule has 20 heavy (non-hydrogen) atoms. The third-order valence-corrected chi connectivity index (χ3v) is 2.84. The third kappa shape index (κ3) is 3.44. The molecule has 0 fully saturated rings. The Morgan fingerprint density at radius 3 is 2.55 bits per heavy atom. The molecule has 0 spiro atoms. The summed E-state index contributed by atoms with van der Waals surface area (Å²) in [7, 11) is 1.52. The number of anilines is 1. The highest BCUT2D eigenvalue weighted by atomic mass is 16.6. The Kier molecular flexibility index (Phi) is 4.63. The first kappa shape index (κ1) is 15.4. The van der Waals surface area contributed by atoms with Gasteiger partial charge in [0.1, 0.15) is 5.69 Å². The van der Waals surface area contributed by atoms with Crippen LogP contribution in [-0.4, -0.2) is 35.5 Å². The second-order valence-electron chi connectivity index (χ2n) is 4.44. The molecule has 0 aliphatic carbocycles. The Balaban J connectivity index is 3.18. The van der Waals surface area contributed by atoms with Crippen LogP contribution in [0, 0.1) is 16.0 Å². The minimum atomic E-state index is -1.01. The average molecular weight is 281 g/mol. The molecule has 0 aliphatic heterocycles. The fourth-order valence-corrected chi connectivity index (χ4v) is 1.72. The van der Waals surface area contributed by atoms with E-state index in [4.69, 9.17) is 10.8 Å². The van der Waals surface area contributed by atoms with Crippen LogP contribution in [0.1, 0.15) is 17.3 Å². The summed E-state index contributed by atoms with van der Waals surface area (Å²) < 4.78 is 0. The number of hydrogen-bond donors (Lipinski definition) is 2. The summed E-state index contributed by atoms with van der Waals surface area (Å²) in [5.41, 5.74) is 5.20. The van der Waals surface area contributed by atoms with Gasteiger partial charge in [0.25, 0.3) is 5.69 Å². The largest absolute Gasteiger partial charge is 0.481 e. The molecule has 3 N–H and O–H groups in total. The molecule has 1 amide bonds. The summed E-state index contributed by atoms with van der Waals surface area (Å²) in [5.74, 6) is -2.43. The monoisotopic (exact) mass is 281 g/mol. The molecule has 8 nitrogen and oxygen atoms in total. The van der Waals surface area contributed by atoms with E-state index in [-0.39, 0.29) is 23.5 Å². The van der Waals surface area contributed by atoms with Crippen molar-refractivity contribution in [1.29, 1.82) is 0 Å². The SMILES string of the molecule is CC(CN(C)c1cc(C(N)=O)ccc1[N+](=O)[O-])C(=O)O. The first-order valence-electron chi connectivity index (χ1n) is 5.76. The zero-order valence-corrected chi connectivity index (χ0v) is 11.1. The highest BCUT2D eigenvalue weighted by Gasteiger charge is 2.22. The average Bonchev–Trinajstić information content (AvgIpc) is 2.37. The second-order valence-corrected chi connectivity index (χ2v) is 4.44. The lowest BCUT2D eigenvalue weighted by Gasteiger charge is -2.21. The van der Waals surface area contributed by atoms with Crippen molar-refractivity contribution in [3.8, 4) is 0 Å². The van der Waals surface area contributed by atoms with Crippen LogP contribution in [0.5, 0.6) is 0 Å². The van der Waals surface area contributed by atoms with Gasteiger partial charge in [0, 0.05) is 25.2 Å². The zero-order chi connectivity index (χ0) is 15.4. The highest BCUT2D eigenvalue weighted by molar-refractivity contribution is 5.94. The number of aliphatic carboxylic acids is 1. The van der Waals surface area contributed by atoms with E-state index in [2.05, 4.69) is 0 Å². The number of carbonyl (C=O) groups is 2. The van der Waals surface area contributed by atoms with Gasteiger partial charge in [0.2, 0.25) is 5.91 Å². The van der Waals surface area contributed by atoms with Gasteiger partial charge in [-0.2, -0.15) is 0 Å². The van der Waals surface area contributed by atoms with Gasteiger partial charge in [0.05, 0.1) is 10.8 Å². The van der Waals surface area contributed by atoms with Crippen LogP contribution in [0.25, 0.3) is 0 Å². The first-order valence-corrected chi connectivity index (χ1v) is 5.76. The van der Waals surface area contributed by atoms with E-state index in [9.17, 15) is 19.7 Å². The molecule has 1 unspecified atom stereocenters. The smallest absolute Gasteiger partial charge is 0.308 e. The Morgan fingerprint density at radius 2 is 2.10 bits per heavy atom. The maximum absolute atomic E-state index is 11.1. The summed E-state index contributed by atoms with van der Waals surface area (Å²) in [6.07, 6.45) is 0. The van der Waals surface area contributed by atoms with Crippen LogP contribution in [0.4, 0.5) is 11.4 Å². The molecule has 0 aliphatic rings. The van der Waals surface area contributed by atoms with Gasteiger partial charge < -0.3 is 15.7 Å². The van der Waals surface area contributed by atoms with Crippen LogP contribution in [0.2, 0.25) is 0 Å². The maximum Gasteiger partial charge on any atom is 0.308 e. The number of carboxylic acid groups (broad SMARTS) is 1. The molecule has 0 radical (unpaired) electrons. The lowest BCUT2D eigenvalue weighted by atomic mass is 10.1. The van der Waals surface area contributed by atoms with Crippen LogP contribution >= 0.6 is 0 Å². The van der Waals surface area contributed by atoms with Crippen molar-refractivity contribution < 1.29 is 19.6 Å². The topological polar surface area (TPSA) is 127 Å². The van der Waals surface area contributed by atoms with Gasteiger partial charge in [-0.05, 0) is 12.1 Å². The molecule has 1 aromatic carbocycles. The molecule has 1 aromatic rings. The maximum atomic E-state index is 11.1. The lowest BCUT2D eigenvalue weighted by Crippen LogP contribution is -2.29. The van der Waals surface area contributed by atoms with Gasteiger partial charge >= 0.3 is 5.97 Å². The number of amides is 1. The summed E-state index contributed by atoms with van der Waals surface area (Å²) in [6, 6.07) is 3.73. The molecule has 1 atom stereocenters. The van der Waals surface area contributed by atoms with Crippen molar-refractivity contribution in [1.82, 2.24) is 0 Å². The summed E-state index contributed by atoms with van der Waals surface area (Å²) in [4.78, 5) is 33.8. The van der Waals surface area contributed by atoms with E-state index < -0.39 is 22.7 Å². The van der Waals surface area contributed by atoms with E-state index in [1.165, 1.54) is 37.1 Å². The Hall–Kier alpha value is -2.64. The van der Waals surface area contributed by atoms with Gasteiger partial charge in [-0.3, -0.25) is 19.7 Å². The van der Waals surface area contributed by atoms with Crippen LogP contribution in [0.3, 0.4) is 0 Å². The van der Waals surface area contributed by atoms with Crippen molar-refractivity contribution in [3.05, 3.63) is 33.9 Å². The Morgan fingerprint density at radius 1 is 1.50 bits per heavy atom. The molecule has 108 valence electrons. The van der Waals surface area contributed by atoms with Crippen molar-refractivity contribution in [2.75, 3.05) is 18.5 Å². The van der Waals surface area contributed by atoms with Gasteiger partial charge in [0.15, 0.2) is 0 Å². The van der Waals surface area contributed by atoms with E-state index >= 15 is 0 Å².